The average molecular weight is 247 g/mol. The van der Waals surface area contributed by atoms with Gasteiger partial charge in [-0.25, -0.2) is 0 Å². The van der Waals surface area contributed by atoms with Gasteiger partial charge in [-0.05, 0) is 5.25 Å². The molecule has 3 nitrogen and oxygen atoms in total. The molecule has 0 atom stereocenters. The Morgan fingerprint density at radius 2 is 2.13 bits per heavy atom. The summed E-state index contributed by atoms with van der Waals surface area (Å²) in [5.41, 5.74) is 5.92. The predicted octanol–water partition coefficient (Wildman–Crippen LogP) is 1.49. The first kappa shape index (κ1) is 13.0. The van der Waals surface area contributed by atoms with Crippen LogP contribution < -0.4 is 5.73 Å². The third-order valence-electron chi connectivity index (χ3n) is 2.15. The largest absolute Gasteiger partial charge is 0.370 e. The van der Waals surface area contributed by atoms with E-state index < -0.39 is 0 Å². The molecule has 1 aliphatic heterocycles. The lowest BCUT2D eigenvalue weighted by molar-refractivity contribution is 0.456. The van der Waals surface area contributed by atoms with Gasteiger partial charge in [-0.2, -0.15) is 23.5 Å². The van der Waals surface area contributed by atoms with Crippen molar-refractivity contribution in [1.29, 1.82) is 0 Å². The summed E-state index contributed by atoms with van der Waals surface area (Å²) in [6, 6.07) is 0. The monoisotopic (exact) mass is 247 g/mol. The van der Waals surface area contributed by atoms with E-state index in [0.717, 1.165) is 31.3 Å². The number of hydrogen-bond acceptors (Lipinski definition) is 3. The fourth-order valence-corrected chi connectivity index (χ4v) is 2.91. The van der Waals surface area contributed by atoms with E-state index in [1.807, 2.05) is 23.5 Å². The number of nitrogens with zero attached hydrogens (tertiary/aromatic N) is 2. The number of rotatable bonds is 4. The minimum Gasteiger partial charge on any atom is -0.370 e. The molecule has 0 aromatic heterocycles. The molecule has 0 saturated carbocycles. The average Bonchev–Trinajstić information content (AvgIpc) is 2.25. The van der Waals surface area contributed by atoms with Gasteiger partial charge in [0.25, 0.3) is 0 Å². The highest BCUT2D eigenvalue weighted by Crippen LogP contribution is 2.10. The van der Waals surface area contributed by atoms with Gasteiger partial charge >= 0.3 is 0 Å². The second-order valence-corrected chi connectivity index (χ2v) is 6.67. The quantitative estimate of drug-likeness (QED) is 0.464. The Hall–Kier alpha value is -0.0300. The van der Waals surface area contributed by atoms with Crippen LogP contribution in [0, 0.1) is 0 Å². The van der Waals surface area contributed by atoms with Crippen LogP contribution >= 0.6 is 23.5 Å². The van der Waals surface area contributed by atoms with Crippen molar-refractivity contribution in [3.8, 4) is 0 Å². The normalized spacial score (nSPS) is 18.6. The Morgan fingerprint density at radius 1 is 1.47 bits per heavy atom. The molecule has 1 aliphatic rings. The molecule has 1 fully saturated rings. The van der Waals surface area contributed by atoms with E-state index in [1.165, 1.54) is 11.5 Å². The Kier molecular flexibility index (Phi) is 6.32. The Labute approximate surface area is 101 Å². The van der Waals surface area contributed by atoms with Crippen molar-refractivity contribution in [2.45, 2.75) is 19.1 Å². The van der Waals surface area contributed by atoms with Gasteiger partial charge in [-0.1, -0.05) is 13.8 Å². The van der Waals surface area contributed by atoms with Crippen LogP contribution in [0.5, 0.6) is 0 Å². The van der Waals surface area contributed by atoms with Crippen LogP contribution in [0.2, 0.25) is 0 Å². The zero-order chi connectivity index (χ0) is 11.1. The molecule has 0 unspecified atom stereocenters. The first-order valence-corrected chi connectivity index (χ1v) is 7.64. The summed E-state index contributed by atoms with van der Waals surface area (Å²) in [5.74, 6) is 4.16. The lowest BCUT2D eigenvalue weighted by Crippen LogP contribution is -2.42. The number of nitrogens with two attached hydrogens (primary N) is 1. The summed E-state index contributed by atoms with van der Waals surface area (Å²) in [4.78, 5) is 6.60. The topological polar surface area (TPSA) is 41.6 Å². The van der Waals surface area contributed by atoms with E-state index >= 15 is 0 Å². The molecule has 1 rings (SSSR count). The maximum absolute atomic E-state index is 5.92. The zero-order valence-electron chi connectivity index (χ0n) is 9.61. The van der Waals surface area contributed by atoms with Crippen LogP contribution in [-0.2, 0) is 0 Å². The zero-order valence-corrected chi connectivity index (χ0v) is 11.2. The summed E-state index contributed by atoms with van der Waals surface area (Å²) in [5, 5.41) is 0.688. The van der Waals surface area contributed by atoms with Gasteiger partial charge in [-0.3, -0.25) is 4.99 Å². The molecule has 1 heterocycles. The number of guanidine groups is 1. The Morgan fingerprint density at radius 3 is 2.73 bits per heavy atom. The van der Waals surface area contributed by atoms with Gasteiger partial charge in [0.15, 0.2) is 5.96 Å². The first-order chi connectivity index (χ1) is 7.20. The molecule has 0 aromatic carbocycles. The van der Waals surface area contributed by atoms with Gasteiger partial charge in [0.05, 0.1) is 6.54 Å². The number of aliphatic imine (C=N–C) groups is 1. The van der Waals surface area contributed by atoms with Gasteiger partial charge in [-0.15, -0.1) is 0 Å². The molecular weight excluding hydrogens is 226 g/mol. The smallest absolute Gasteiger partial charge is 0.191 e. The highest BCUT2D eigenvalue weighted by Gasteiger charge is 2.11. The maximum atomic E-state index is 5.92. The molecule has 5 heteroatoms. The van der Waals surface area contributed by atoms with E-state index in [2.05, 4.69) is 23.7 Å². The van der Waals surface area contributed by atoms with E-state index in [-0.39, 0.29) is 0 Å². The molecule has 0 spiro atoms. The standard InChI is InChI=1S/C10H21N3S2/c1-9(2)15-6-3-12-10(11)13-4-7-14-8-5-13/h9H,3-8H2,1-2H3,(H2,11,12). The Balaban J connectivity index is 2.19. The Bertz CT molecular complexity index is 201. The summed E-state index contributed by atoms with van der Waals surface area (Å²) in [6.45, 7) is 7.37. The summed E-state index contributed by atoms with van der Waals surface area (Å²) in [7, 11) is 0. The van der Waals surface area contributed by atoms with Gasteiger partial charge < -0.3 is 10.6 Å². The minimum absolute atomic E-state index is 0.688. The van der Waals surface area contributed by atoms with Crippen molar-refractivity contribution < 1.29 is 0 Å². The van der Waals surface area contributed by atoms with Crippen molar-refractivity contribution in [2.24, 2.45) is 10.7 Å². The van der Waals surface area contributed by atoms with E-state index in [1.54, 1.807) is 0 Å². The van der Waals surface area contributed by atoms with Gasteiger partial charge in [0.1, 0.15) is 0 Å². The molecule has 2 N–H and O–H groups in total. The van der Waals surface area contributed by atoms with E-state index in [0.29, 0.717) is 5.25 Å². The lowest BCUT2D eigenvalue weighted by atomic mass is 10.5. The molecule has 0 radical (unpaired) electrons. The third-order valence-corrected chi connectivity index (χ3v) is 4.18. The minimum atomic E-state index is 0.688. The second-order valence-electron chi connectivity index (χ2n) is 3.76. The number of thioether (sulfide) groups is 2. The molecule has 0 aliphatic carbocycles. The highest BCUT2D eigenvalue weighted by molar-refractivity contribution is 7.99. The van der Waals surface area contributed by atoms with Crippen LogP contribution in [0.15, 0.2) is 4.99 Å². The summed E-state index contributed by atoms with van der Waals surface area (Å²) >= 11 is 3.93. The maximum Gasteiger partial charge on any atom is 0.191 e. The van der Waals surface area contributed by atoms with Crippen molar-refractivity contribution in [2.75, 3.05) is 36.9 Å². The molecule has 1 saturated heterocycles. The molecule has 0 bridgehead atoms. The molecule has 15 heavy (non-hydrogen) atoms. The summed E-state index contributed by atoms with van der Waals surface area (Å²) in [6.07, 6.45) is 0. The van der Waals surface area contributed by atoms with Crippen LogP contribution in [0.4, 0.5) is 0 Å². The van der Waals surface area contributed by atoms with E-state index in [9.17, 15) is 0 Å². The van der Waals surface area contributed by atoms with Gasteiger partial charge in [0, 0.05) is 30.3 Å². The predicted molar refractivity (Wildman–Crippen MR) is 73.0 cm³/mol. The van der Waals surface area contributed by atoms with Crippen molar-refractivity contribution in [3.05, 3.63) is 0 Å². The highest BCUT2D eigenvalue weighted by atomic mass is 32.2. The molecule has 0 amide bonds. The lowest BCUT2D eigenvalue weighted by Gasteiger charge is -2.27. The molecular formula is C10H21N3S2. The fraction of sp³-hybridized carbons (Fsp3) is 0.900. The van der Waals surface area contributed by atoms with Crippen LogP contribution in [-0.4, -0.2) is 53.0 Å². The second kappa shape index (κ2) is 7.28. The molecule has 88 valence electrons. The number of hydrogen-bond donors (Lipinski definition) is 1. The van der Waals surface area contributed by atoms with Gasteiger partial charge in [0.2, 0.25) is 0 Å². The third kappa shape index (κ3) is 5.56. The van der Waals surface area contributed by atoms with Crippen LogP contribution in [0.25, 0.3) is 0 Å². The van der Waals surface area contributed by atoms with E-state index in [4.69, 9.17) is 5.73 Å². The van der Waals surface area contributed by atoms with Crippen molar-refractivity contribution in [3.63, 3.8) is 0 Å². The fourth-order valence-electron chi connectivity index (χ4n) is 1.34. The SMILES string of the molecule is CC(C)SCCN=C(N)N1CCSCC1. The molecule has 0 aromatic rings. The first-order valence-electron chi connectivity index (χ1n) is 5.44. The van der Waals surface area contributed by atoms with Crippen molar-refractivity contribution in [1.82, 2.24) is 4.90 Å². The van der Waals surface area contributed by atoms with Crippen LogP contribution in [0.1, 0.15) is 13.8 Å². The van der Waals surface area contributed by atoms with Crippen molar-refractivity contribution >= 4 is 29.5 Å². The van der Waals surface area contributed by atoms with Crippen LogP contribution in [0.3, 0.4) is 0 Å². The summed E-state index contributed by atoms with van der Waals surface area (Å²) < 4.78 is 0.